The highest BCUT2D eigenvalue weighted by Crippen LogP contribution is 2.64. The lowest BCUT2D eigenvalue weighted by molar-refractivity contribution is -0.0904. The Morgan fingerprint density at radius 1 is 1.35 bits per heavy atom. The molecule has 0 saturated heterocycles. The average Bonchev–Trinajstić information content (AvgIpc) is 2.95. The van der Waals surface area contributed by atoms with Crippen LogP contribution >= 0.6 is 0 Å². The lowest BCUT2D eigenvalue weighted by Gasteiger charge is -2.44. The van der Waals surface area contributed by atoms with E-state index >= 15 is 0 Å². The van der Waals surface area contributed by atoms with Crippen LogP contribution in [0.15, 0.2) is 0 Å². The number of hydrogen-bond acceptors (Lipinski definition) is 2. The molecular formula is C15H27NO. The summed E-state index contributed by atoms with van der Waals surface area (Å²) in [5, 5.41) is 11.1. The van der Waals surface area contributed by atoms with Crippen molar-refractivity contribution < 1.29 is 5.11 Å². The first kappa shape index (κ1) is 12.0. The van der Waals surface area contributed by atoms with Gasteiger partial charge in [-0.1, -0.05) is 19.8 Å². The molecule has 3 fully saturated rings. The van der Waals surface area contributed by atoms with Crippen LogP contribution in [-0.4, -0.2) is 17.3 Å². The van der Waals surface area contributed by atoms with Gasteiger partial charge in [-0.25, -0.2) is 0 Å². The van der Waals surface area contributed by atoms with Gasteiger partial charge >= 0.3 is 0 Å². The molecular weight excluding hydrogens is 210 g/mol. The Morgan fingerprint density at radius 3 is 2.82 bits per heavy atom. The third kappa shape index (κ3) is 1.60. The normalized spacial score (nSPS) is 49.6. The summed E-state index contributed by atoms with van der Waals surface area (Å²) < 4.78 is 0. The lowest BCUT2D eigenvalue weighted by Crippen LogP contribution is -2.49. The lowest BCUT2D eigenvalue weighted by atomic mass is 9.66. The van der Waals surface area contributed by atoms with Gasteiger partial charge in [0, 0.05) is 5.92 Å². The molecule has 0 aromatic heterocycles. The van der Waals surface area contributed by atoms with E-state index in [1.807, 2.05) is 0 Å². The van der Waals surface area contributed by atoms with Gasteiger partial charge in [0.1, 0.15) is 0 Å². The Hall–Kier alpha value is -0.0800. The summed E-state index contributed by atoms with van der Waals surface area (Å²) in [5.41, 5.74) is 5.53. The Kier molecular flexibility index (Phi) is 2.99. The first-order valence-electron chi connectivity index (χ1n) is 7.63. The smallest absolute Gasteiger partial charge is 0.0721 e. The van der Waals surface area contributed by atoms with Crippen molar-refractivity contribution in [1.29, 1.82) is 0 Å². The zero-order valence-electron chi connectivity index (χ0n) is 11.1. The van der Waals surface area contributed by atoms with Crippen LogP contribution < -0.4 is 5.73 Å². The van der Waals surface area contributed by atoms with Crippen LogP contribution in [0.1, 0.15) is 51.9 Å². The first-order valence-corrected chi connectivity index (χ1v) is 7.63. The van der Waals surface area contributed by atoms with Crippen LogP contribution in [0.3, 0.4) is 0 Å². The van der Waals surface area contributed by atoms with Crippen molar-refractivity contribution in [1.82, 2.24) is 0 Å². The van der Waals surface area contributed by atoms with E-state index in [4.69, 9.17) is 5.73 Å². The van der Waals surface area contributed by atoms with Crippen molar-refractivity contribution in [2.75, 3.05) is 6.54 Å². The predicted octanol–water partition coefficient (Wildman–Crippen LogP) is 2.55. The molecule has 3 N–H and O–H groups in total. The van der Waals surface area contributed by atoms with Crippen molar-refractivity contribution in [3.05, 3.63) is 0 Å². The number of hydrogen-bond donors (Lipinski definition) is 2. The molecule has 6 atom stereocenters. The van der Waals surface area contributed by atoms with Gasteiger partial charge in [0.15, 0.2) is 0 Å². The number of rotatable bonds is 4. The molecule has 0 spiro atoms. The minimum atomic E-state index is -0.402. The minimum absolute atomic E-state index is 0.351. The summed E-state index contributed by atoms with van der Waals surface area (Å²) >= 11 is 0. The summed E-state index contributed by atoms with van der Waals surface area (Å²) in [5.74, 6) is 3.55. The molecule has 3 aliphatic rings. The molecule has 0 aromatic rings. The highest BCUT2D eigenvalue weighted by Gasteiger charge is 2.62. The third-order valence-electron chi connectivity index (χ3n) is 6.16. The van der Waals surface area contributed by atoms with Crippen molar-refractivity contribution in [2.24, 2.45) is 35.3 Å². The van der Waals surface area contributed by atoms with Crippen LogP contribution in [0.2, 0.25) is 0 Å². The third-order valence-corrected chi connectivity index (χ3v) is 6.16. The van der Waals surface area contributed by atoms with Gasteiger partial charge in [-0.3, -0.25) is 0 Å². The number of fused-ring (bicyclic) bond motifs is 5. The monoisotopic (exact) mass is 237 g/mol. The fourth-order valence-electron chi connectivity index (χ4n) is 5.55. The van der Waals surface area contributed by atoms with E-state index in [-0.39, 0.29) is 0 Å². The molecule has 2 bridgehead atoms. The van der Waals surface area contributed by atoms with E-state index in [9.17, 15) is 5.11 Å². The van der Waals surface area contributed by atoms with E-state index in [0.29, 0.717) is 18.4 Å². The van der Waals surface area contributed by atoms with Crippen LogP contribution in [0, 0.1) is 29.6 Å². The topological polar surface area (TPSA) is 46.2 Å². The van der Waals surface area contributed by atoms with Gasteiger partial charge in [-0.15, -0.1) is 0 Å². The van der Waals surface area contributed by atoms with E-state index in [2.05, 4.69) is 6.92 Å². The molecule has 0 aromatic carbocycles. The first-order chi connectivity index (χ1) is 8.20. The molecule has 0 radical (unpaired) electrons. The van der Waals surface area contributed by atoms with Crippen LogP contribution in [0.25, 0.3) is 0 Å². The largest absolute Gasteiger partial charge is 0.389 e. The molecule has 6 unspecified atom stereocenters. The van der Waals surface area contributed by atoms with Gasteiger partial charge in [0.05, 0.1) is 5.60 Å². The standard InChI is InChI=1S/C15H27NO/c1-2-4-11(9-16)15(17)8-10-7-14(15)13-6-3-5-12(10)13/h10-14,17H,2-9,16H2,1H3. The van der Waals surface area contributed by atoms with E-state index in [1.54, 1.807) is 0 Å². The zero-order valence-corrected chi connectivity index (χ0v) is 11.1. The second-order valence-electron chi connectivity index (χ2n) is 6.78. The van der Waals surface area contributed by atoms with E-state index in [1.165, 1.54) is 25.7 Å². The molecule has 3 rings (SSSR count). The fraction of sp³-hybridized carbons (Fsp3) is 1.00. The number of nitrogens with two attached hydrogens (primary N) is 1. The van der Waals surface area contributed by atoms with Gasteiger partial charge in [0.25, 0.3) is 0 Å². The molecule has 0 aliphatic heterocycles. The molecule has 3 saturated carbocycles. The maximum absolute atomic E-state index is 11.1. The maximum atomic E-state index is 11.1. The highest BCUT2D eigenvalue weighted by atomic mass is 16.3. The quantitative estimate of drug-likeness (QED) is 0.789. The Morgan fingerprint density at radius 2 is 2.12 bits per heavy atom. The van der Waals surface area contributed by atoms with Crippen LogP contribution in [0.4, 0.5) is 0 Å². The molecule has 98 valence electrons. The summed E-state index contributed by atoms with van der Waals surface area (Å²) in [4.78, 5) is 0. The van der Waals surface area contributed by atoms with Crippen molar-refractivity contribution >= 4 is 0 Å². The molecule has 3 aliphatic carbocycles. The zero-order chi connectivity index (χ0) is 12.0. The van der Waals surface area contributed by atoms with Gasteiger partial charge in [0.2, 0.25) is 0 Å². The predicted molar refractivity (Wildman–Crippen MR) is 69.4 cm³/mol. The van der Waals surface area contributed by atoms with Crippen LogP contribution in [-0.2, 0) is 0 Å². The summed E-state index contributed by atoms with van der Waals surface area (Å²) in [6.45, 7) is 2.88. The Labute approximate surface area is 105 Å². The average molecular weight is 237 g/mol. The minimum Gasteiger partial charge on any atom is -0.389 e. The molecule has 0 heterocycles. The summed E-state index contributed by atoms with van der Waals surface area (Å²) in [6, 6.07) is 0. The second-order valence-corrected chi connectivity index (χ2v) is 6.78. The maximum Gasteiger partial charge on any atom is 0.0721 e. The van der Waals surface area contributed by atoms with Gasteiger partial charge in [-0.05, 0) is 62.3 Å². The molecule has 0 amide bonds. The van der Waals surface area contributed by atoms with Crippen LogP contribution in [0.5, 0.6) is 0 Å². The van der Waals surface area contributed by atoms with Crippen molar-refractivity contribution in [3.63, 3.8) is 0 Å². The molecule has 2 heteroatoms. The van der Waals surface area contributed by atoms with E-state index < -0.39 is 5.60 Å². The SMILES string of the molecule is CCCC(CN)C1(O)CC2CC1C1CCCC21. The fourth-order valence-corrected chi connectivity index (χ4v) is 5.55. The Balaban J connectivity index is 1.80. The van der Waals surface area contributed by atoms with Crippen molar-refractivity contribution in [3.8, 4) is 0 Å². The Bertz CT molecular complexity index is 293. The van der Waals surface area contributed by atoms with Gasteiger partial charge < -0.3 is 10.8 Å². The molecule has 17 heavy (non-hydrogen) atoms. The summed E-state index contributed by atoms with van der Waals surface area (Å²) in [6.07, 6.45) is 8.82. The van der Waals surface area contributed by atoms with E-state index in [0.717, 1.165) is 37.0 Å². The second kappa shape index (κ2) is 4.24. The highest BCUT2D eigenvalue weighted by molar-refractivity contribution is 5.12. The summed E-state index contributed by atoms with van der Waals surface area (Å²) in [7, 11) is 0. The number of aliphatic hydroxyl groups is 1. The molecule has 2 nitrogen and oxygen atoms in total. The van der Waals surface area contributed by atoms with Crippen molar-refractivity contribution in [2.45, 2.75) is 57.5 Å². The van der Waals surface area contributed by atoms with Gasteiger partial charge in [-0.2, -0.15) is 0 Å².